The number of carboxylic acid groups (broad SMARTS) is 1. The van der Waals surface area contributed by atoms with Gasteiger partial charge in [-0.05, 0) is 31.2 Å². The average Bonchev–Trinajstić information content (AvgIpc) is 2.53. The van der Waals surface area contributed by atoms with Gasteiger partial charge in [-0.3, -0.25) is 9.69 Å². The van der Waals surface area contributed by atoms with Crippen molar-refractivity contribution in [2.24, 2.45) is 0 Å². The van der Waals surface area contributed by atoms with Gasteiger partial charge >= 0.3 is 12.3 Å². The summed E-state index contributed by atoms with van der Waals surface area (Å²) >= 11 is 0. The molecule has 1 aliphatic heterocycles. The van der Waals surface area contributed by atoms with Crippen LogP contribution in [-0.4, -0.2) is 67.3 Å². The summed E-state index contributed by atoms with van der Waals surface area (Å²) in [6.45, 7) is 2.22. The van der Waals surface area contributed by atoms with E-state index in [4.69, 9.17) is 5.11 Å². The molecule has 0 unspecified atom stereocenters. The maximum atomic E-state index is 12.5. The van der Waals surface area contributed by atoms with Crippen molar-refractivity contribution in [3.8, 4) is 5.75 Å². The van der Waals surface area contributed by atoms with E-state index in [0.717, 1.165) is 24.3 Å². The third kappa shape index (κ3) is 4.83. The number of hydrogen-bond acceptors (Lipinski definition) is 5. The van der Waals surface area contributed by atoms with Crippen LogP contribution < -0.4 is 4.74 Å². The molecule has 1 aliphatic rings. The van der Waals surface area contributed by atoms with Crippen molar-refractivity contribution in [3.63, 3.8) is 0 Å². The van der Waals surface area contributed by atoms with Gasteiger partial charge < -0.3 is 9.84 Å². The lowest BCUT2D eigenvalue weighted by molar-refractivity contribution is -0.274. The third-order valence-electron chi connectivity index (χ3n) is 3.87. The molecule has 1 fully saturated rings. The largest absolute Gasteiger partial charge is 0.573 e. The molecule has 11 heteroatoms. The molecule has 1 heterocycles. The van der Waals surface area contributed by atoms with Crippen LogP contribution >= 0.6 is 0 Å². The number of halogens is 3. The Morgan fingerprint density at radius 2 is 1.68 bits per heavy atom. The molecule has 0 aliphatic carbocycles. The smallest absolute Gasteiger partial charge is 0.480 e. The minimum absolute atomic E-state index is 0.0980. The monoisotopic (exact) mass is 382 g/mol. The first-order chi connectivity index (χ1) is 11.5. The predicted molar refractivity (Wildman–Crippen MR) is 80.6 cm³/mol. The van der Waals surface area contributed by atoms with Crippen molar-refractivity contribution >= 4 is 16.0 Å². The maximum Gasteiger partial charge on any atom is 0.573 e. The minimum Gasteiger partial charge on any atom is -0.480 e. The van der Waals surface area contributed by atoms with Crippen molar-refractivity contribution in [1.29, 1.82) is 0 Å². The Morgan fingerprint density at radius 1 is 1.16 bits per heavy atom. The van der Waals surface area contributed by atoms with Crippen LogP contribution in [0.3, 0.4) is 0 Å². The van der Waals surface area contributed by atoms with E-state index >= 15 is 0 Å². The van der Waals surface area contributed by atoms with Gasteiger partial charge in [0, 0.05) is 26.2 Å². The number of rotatable bonds is 5. The highest BCUT2D eigenvalue weighted by Crippen LogP contribution is 2.25. The fraction of sp³-hybridized carbons (Fsp3) is 0.500. The number of piperazine rings is 1. The van der Waals surface area contributed by atoms with Crippen LogP contribution in [0, 0.1) is 0 Å². The van der Waals surface area contributed by atoms with E-state index in [9.17, 15) is 26.4 Å². The zero-order chi connectivity index (χ0) is 18.8. The quantitative estimate of drug-likeness (QED) is 0.828. The fourth-order valence-electron chi connectivity index (χ4n) is 2.45. The molecule has 1 atom stereocenters. The first kappa shape index (κ1) is 19.5. The Labute approximate surface area is 142 Å². The zero-order valence-electron chi connectivity index (χ0n) is 13.2. The molecule has 0 spiro atoms. The number of ether oxygens (including phenoxy) is 1. The molecule has 25 heavy (non-hydrogen) atoms. The predicted octanol–water partition coefficient (Wildman–Crippen LogP) is 1.36. The Bertz CT molecular complexity index is 713. The van der Waals surface area contributed by atoms with E-state index in [0.29, 0.717) is 0 Å². The number of sulfonamides is 1. The highest BCUT2D eigenvalue weighted by molar-refractivity contribution is 7.89. The molecule has 0 radical (unpaired) electrons. The summed E-state index contributed by atoms with van der Waals surface area (Å²) < 4.78 is 66.3. The topological polar surface area (TPSA) is 87.2 Å². The lowest BCUT2D eigenvalue weighted by Crippen LogP contribution is -2.53. The lowest BCUT2D eigenvalue weighted by Gasteiger charge is -2.35. The summed E-state index contributed by atoms with van der Waals surface area (Å²) in [4.78, 5) is 12.5. The molecule has 0 bridgehead atoms. The first-order valence-corrected chi connectivity index (χ1v) is 8.77. The van der Waals surface area contributed by atoms with E-state index < -0.39 is 34.1 Å². The van der Waals surface area contributed by atoms with Crippen molar-refractivity contribution in [2.45, 2.75) is 24.2 Å². The van der Waals surface area contributed by atoms with Crippen LogP contribution in [0.25, 0.3) is 0 Å². The van der Waals surface area contributed by atoms with Gasteiger partial charge in [-0.15, -0.1) is 13.2 Å². The van der Waals surface area contributed by atoms with Crippen LogP contribution in [0.1, 0.15) is 6.92 Å². The summed E-state index contributed by atoms with van der Waals surface area (Å²) in [7, 11) is -3.87. The second kappa shape index (κ2) is 7.18. The van der Waals surface area contributed by atoms with E-state index in [1.165, 1.54) is 11.2 Å². The van der Waals surface area contributed by atoms with Gasteiger partial charge in [0.05, 0.1) is 4.90 Å². The molecule has 1 aromatic rings. The van der Waals surface area contributed by atoms with E-state index in [-0.39, 0.29) is 31.1 Å². The molecule has 0 amide bonds. The van der Waals surface area contributed by atoms with Gasteiger partial charge in [0.2, 0.25) is 10.0 Å². The normalized spacial score (nSPS) is 18.7. The number of hydrogen-bond donors (Lipinski definition) is 1. The van der Waals surface area contributed by atoms with E-state index in [2.05, 4.69) is 4.74 Å². The number of aliphatic carboxylic acids is 1. The van der Waals surface area contributed by atoms with Gasteiger partial charge in [-0.1, -0.05) is 0 Å². The molecule has 0 saturated carbocycles. The van der Waals surface area contributed by atoms with E-state index in [1.54, 1.807) is 4.90 Å². The Hall–Kier alpha value is -1.85. The molecule has 1 aromatic carbocycles. The molecular formula is C14H17F3N2O5S. The second-order valence-corrected chi connectivity index (χ2v) is 7.41. The number of benzene rings is 1. The number of alkyl halides is 3. The summed E-state index contributed by atoms with van der Waals surface area (Å²) in [6, 6.07) is 3.24. The van der Waals surface area contributed by atoms with Gasteiger partial charge in [0.25, 0.3) is 0 Å². The van der Waals surface area contributed by atoms with E-state index in [1.807, 2.05) is 0 Å². The molecular weight excluding hydrogens is 365 g/mol. The molecule has 1 N–H and O–H groups in total. The molecule has 2 rings (SSSR count). The lowest BCUT2D eigenvalue weighted by atomic mass is 10.2. The minimum atomic E-state index is -4.85. The van der Waals surface area contributed by atoms with Crippen LogP contribution in [0.15, 0.2) is 29.2 Å². The highest BCUT2D eigenvalue weighted by atomic mass is 32.2. The number of carboxylic acids is 1. The Kier molecular flexibility index (Phi) is 5.59. The average molecular weight is 382 g/mol. The Morgan fingerprint density at radius 3 is 2.12 bits per heavy atom. The Balaban J connectivity index is 2.06. The van der Waals surface area contributed by atoms with Crippen LogP contribution in [-0.2, 0) is 14.8 Å². The standard InChI is InChI=1S/C14H17F3N2O5S/c1-10(13(20)21)18-6-8-19(9-7-18)25(22,23)12-4-2-11(3-5-12)24-14(15,16)17/h2-5,10H,6-9H2,1H3,(H,20,21)/t10-/m0/s1. The summed E-state index contributed by atoms with van der Waals surface area (Å²) in [6.07, 6.45) is -4.85. The molecule has 0 aromatic heterocycles. The van der Waals surface area contributed by atoms with Crippen LogP contribution in [0.5, 0.6) is 5.75 Å². The second-order valence-electron chi connectivity index (χ2n) is 5.47. The van der Waals surface area contributed by atoms with Crippen molar-refractivity contribution in [3.05, 3.63) is 24.3 Å². The number of nitrogens with zero attached hydrogens (tertiary/aromatic N) is 2. The SMILES string of the molecule is C[C@@H](C(=O)O)N1CCN(S(=O)(=O)c2ccc(OC(F)(F)F)cc2)CC1. The van der Waals surface area contributed by atoms with Gasteiger partial charge in [0.1, 0.15) is 11.8 Å². The molecule has 7 nitrogen and oxygen atoms in total. The summed E-state index contributed by atoms with van der Waals surface area (Å²) in [5.41, 5.74) is 0. The highest BCUT2D eigenvalue weighted by Gasteiger charge is 2.33. The molecule has 1 saturated heterocycles. The third-order valence-corrected chi connectivity index (χ3v) is 5.79. The van der Waals surface area contributed by atoms with Crippen LogP contribution in [0.2, 0.25) is 0 Å². The fourth-order valence-corrected chi connectivity index (χ4v) is 3.87. The van der Waals surface area contributed by atoms with Gasteiger partial charge in [0.15, 0.2) is 0 Å². The van der Waals surface area contributed by atoms with Crippen molar-refractivity contribution in [1.82, 2.24) is 9.21 Å². The van der Waals surface area contributed by atoms with Crippen LogP contribution in [0.4, 0.5) is 13.2 Å². The zero-order valence-corrected chi connectivity index (χ0v) is 14.0. The molecule has 140 valence electrons. The maximum absolute atomic E-state index is 12.5. The summed E-state index contributed by atoms with van der Waals surface area (Å²) in [5.74, 6) is -1.50. The van der Waals surface area contributed by atoms with Gasteiger partial charge in [-0.25, -0.2) is 8.42 Å². The summed E-state index contributed by atoms with van der Waals surface area (Å²) in [5, 5.41) is 8.98. The number of carbonyl (C=O) groups is 1. The van der Waals surface area contributed by atoms with Gasteiger partial charge in [-0.2, -0.15) is 4.31 Å². The first-order valence-electron chi connectivity index (χ1n) is 7.33. The van der Waals surface area contributed by atoms with Crippen molar-refractivity contribution < 1.29 is 36.2 Å². The van der Waals surface area contributed by atoms with Crippen molar-refractivity contribution in [2.75, 3.05) is 26.2 Å².